The molecule has 0 saturated carbocycles. The van der Waals surface area contributed by atoms with Crippen molar-refractivity contribution in [3.05, 3.63) is 29.8 Å². The summed E-state index contributed by atoms with van der Waals surface area (Å²) in [5.74, 6) is 0. The van der Waals surface area contributed by atoms with Crippen LogP contribution in [0.5, 0.6) is 0 Å². The van der Waals surface area contributed by atoms with Crippen molar-refractivity contribution in [2.24, 2.45) is 5.73 Å². The molecule has 0 bridgehead atoms. The Morgan fingerprint density at radius 1 is 1.35 bits per heavy atom. The van der Waals surface area contributed by atoms with Gasteiger partial charge in [-0.1, -0.05) is 18.2 Å². The summed E-state index contributed by atoms with van der Waals surface area (Å²) in [5.41, 5.74) is 12.2. The monoisotopic (exact) mass is 240 g/mol. The maximum Gasteiger partial charge on any atom is 0.404 e. The highest BCUT2D eigenvalue weighted by Crippen LogP contribution is 2.12. The first kappa shape index (κ1) is 15.2. The van der Waals surface area contributed by atoms with Gasteiger partial charge in [-0.2, -0.15) is 0 Å². The minimum Gasteiger partial charge on any atom is -0.453 e. The first-order valence-corrected chi connectivity index (χ1v) is 5.39. The number of benzene rings is 1. The third kappa shape index (κ3) is 8.10. The van der Waals surface area contributed by atoms with Crippen LogP contribution in [0.15, 0.2) is 24.3 Å². The van der Waals surface area contributed by atoms with Gasteiger partial charge < -0.3 is 21.3 Å². The molecule has 1 amide bonds. The van der Waals surface area contributed by atoms with E-state index in [1.807, 2.05) is 24.3 Å². The van der Waals surface area contributed by atoms with E-state index in [0.717, 1.165) is 24.9 Å². The Bertz CT molecular complexity index is 329. The molecule has 0 fully saturated rings. The van der Waals surface area contributed by atoms with Crippen LogP contribution in [-0.2, 0) is 11.2 Å². The Morgan fingerprint density at radius 2 is 1.94 bits per heavy atom. The summed E-state index contributed by atoms with van der Waals surface area (Å²) >= 11 is 0. The van der Waals surface area contributed by atoms with E-state index >= 15 is 0 Å². The number of aliphatic hydroxyl groups excluding tert-OH is 1. The van der Waals surface area contributed by atoms with Crippen molar-refractivity contribution < 1.29 is 14.6 Å². The van der Waals surface area contributed by atoms with Gasteiger partial charge in [-0.05, 0) is 30.9 Å². The Balaban J connectivity index is 0.000000437. The minimum atomic E-state index is -0.745. The molecule has 0 aliphatic rings. The first-order chi connectivity index (χ1) is 8.11. The number of para-hydroxylation sites is 1. The van der Waals surface area contributed by atoms with Crippen LogP contribution >= 0.6 is 0 Å². The van der Waals surface area contributed by atoms with Gasteiger partial charge in [0.1, 0.15) is 0 Å². The van der Waals surface area contributed by atoms with Crippen molar-refractivity contribution >= 4 is 11.8 Å². The van der Waals surface area contributed by atoms with Gasteiger partial charge in [0.2, 0.25) is 0 Å². The molecule has 0 heterocycles. The van der Waals surface area contributed by atoms with Crippen LogP contribution in [0.2, 0.25) is 0 Å². The fourth-order valence-corrected chi connectivity index (χ4v) is 1.19. The molecule has 5 N–H and O–H groups in total. The van der Waals surface area contributed by atoms with Crippen LogP contribution in [0.3, 0.4) is 0 Å². The van der Waals surface area contributed by atoms with E-state index in [0.29, 0.717) is 0 Å². The smallest absolute Gasteiger partial charge is 0.404 e. The molecule has 1 aromatic rings. The number of carbonyl (C=O) groups is 1. The maximum atomic E-state index is 9.37. The number of amides is 1. The second-order valence-corrected chi connectivity index (χ2v) is 3.40. The zero-order valence-corrected chi connectivity index (χ0v) is 10.1. The minimum absolute atomic E-state index is 0.271. The summed E-state index contributed by atoms with van der Waals surface area (Å²) in [6, 6.07) is 7.87. The zero-order valence-electron chi connectivity index (χ0n) is 10.1. The van der Waals surface area contributed by atoms with Crippen LogP contribution in [0.4, 0.5) is 10.5 Å². The zero-order chi connectivity index (χ0) is 13.1. The number of rotatable bonds is 4. The number of carbonyl (C=O) groups excluding carboxylic acids is 1. The van der Waals surface area contributed by atoms with Gasteiger partial charge in [0.15, 0.2) is 0 Å². The van der Waals surface area contributed by atoms with Gasteiger partial charge in [-0.3, -0.25) is 0 Å². The molecule has 0 unspecified atom stereocenters. The van der Waals surface area contributed by atoms with Gasteiger partial charge in [0.25, 0.3) is 0 Å². The average Bonchev–Trinajstić information content (AvgIpc) is 2.32. The number of aryl methyl sites for hydroxylation is 1. The Hall–Kier alpha value is -1.75. The molecule has 0 radical (unpaired) electrons. The SMILES string of the molecule is COC(N)=O.Nc1ccccc1CCCCO. The van der Waals surface area contributed by atoms with Crippen molar-refractivity contribution in [2.75, 3.05) is 19.5 Å². The fraction of sp³-hybridized carbons (Fsp3) is 0.417. The quantitative estimate of drug-likeness (QED) is 0.545. The number of hydrogen-bond donors (Lipinski definition) is 3. The third-order valence-corrected chi connectivity index (χ3v) is 2.11. The molecule has 0 spiro atoms. The Labute approximate surface area is 101 Å². The fourth-order valence-electron chi connectivity index (χ4n) is 1.19. The number of methoxy groups -OCH3 is 1. The molecule has 17 heavy (non-hydrogen) atoms. The molecule has 0 atom stereocenters. The van der Waals surface area contributed by atoms with Gasteiger partial charge in [-0.15, -0.1) is 0 Å². The van der Waals surface area contributed by atoms with E-state index in [-0.39, 0.29) is 6.61 Å². The van der Waals surface area contributed by atoms with Crippen molar-refractivity contribution in [3.63, 3.8) is 0 Å². The number of unbranched alkanes of at least 4 members (excludes halogenated alkanes) is 1. The number of ether oxygens (including phenoxy) is 1. The lowest BCUT2D eigenvalue weighted by molar-refractivity contribution is 0.182. The van der Waals surface area contributed by atoms with Crippen LogP contribution in [0.25, 0.3) is 0 Å². The highest BCUT2D eigenvalue weighted by atomic mass is 16.5. The standard InChI is InChI=1S/C10H15NO.C2H5NO2/c11-10-7-2-1-5-9(10)6-3-4-8-12;1-5-2(3)4/h1-2,5,7,12H,3-4,6,8,11H2;1H3,(H2,3,4). The molecule has 5 heteroatoms. The number of nitrogens with two attached hydrogens (primary N) is 2. The number of anilines is 1. The molecule has 96 valence electrons. The predicted octanol–water partition coefficient (Wildman–Crippen LogP) is 1.30. The van der Waals surface area contributed by atoms with Crippen molar-refractivity contribution in [2.45, 2.75) is 19.3 Å². The molecule has 0 aliphatic carbocycles. The Morgan fingerprint density at radius 3 is 2.41 bits per heavy atom. The maximum absolute atomic E-state index is 9.37. The summed E-state index contributed by atoms with van der Waals surface area (Å²) in [5, 5.41) is 8.58. The molecule has 0 aliphatic heterocycles. The summed E-state index contributed by atoms with van der Waals surface area (Å²) in [4.78, 5) is 9.37. The van der Waals surface area contributed by atoms with Crippen molar-refractivity contribution in [1.29, 1.82) is 0 Å². The third-order valence-electron chi connectivity index (χ3n) is 2.11. The van der Waals surface area contributed by atoms with Crippen LogP contribution < -0.4 is 11.5 Å². The van der Waals surface area contributed by atoms with E-state index in [9.17, 15) is 4.79 Å². The molecule has 5 nitrogen and oxygen atoms in total. The number of nitrogen functional groups attached to an aromatic ring is 1. The highest BCUT2D eigenvalue weighted by molar-refractivity contribution is 5.64. The van der Waals surface area contributed by atoms with Gasteiger partial charge in [0, 0.05) is 12.3 Å². The number of aliphatic hydroxyl groups is 1. The lowest BCUT2D eigenvalue weighted by Crippen LogP contribution is -2.08. The van der Waals surface area contributed by atoms with E-state index < -0.39 is 6.09 Å². The Kier molecular flexibility index (Phi) is 8.50. The topological polar surface area (TPSA) is 98.6 Å². The van der Waals surface area contributed by atoms with E-state index in [2.05, 4.69) is 10.5 Å². The molecular weight excluding hydrogens is 220 g/mol. The van der Waals surface area contributed by atoms with E-state index in [1.54, 1.807) is 0 Å². The van der Waals surface area contributed by atoms with Crippen LogP contribution in [0, 0.1) is 0 Å². The summed E-state index contributed by atoms with van der Waals surface area (Å²) < 4.78 is 3.89. The molecule has 1 aromatic carbocycles. The normalized spacial score (nSPS) is 9.06. The van der Waals surface area contributed by atoms with Gasteiger partial charge in [0.05, 0.1) is 7.11 Å². The summed E-state index contributed by atoms with van der Waals surface area (Å²) in [6.45, 7) is 0.271. The molecule has 0 saturated heterocycles. The average molecular weight is 240 g/mol. The summed E-state index contributed by atoms with van der Waals surface area (Å²) in [6.07, 6.45) is 2.08. The predicted molar refractivity (Wildman–Crippen MR) is 67.5 cm³/mol. The lowest BCUT2D eigenvalue weighted by Gasteiger charge is -2.03. The van der Waals surface area contributed by atoms with E-state index in [4.69, 9.17) is 10.8 Å². The molecular formula is C12H20N2O3. The molecule has 0 aromatic heterocycles. The van der Waals surface area contributed by atoms with Crippen molar-refractivity contribution in [1.82, 2.24) is 0 Å². The second-order valence-electron chi connectivity index (χ2n) is 3.40. The van der Waals surface area contributed by atoms with Crippen molar-refractivity contribution in [3.8, 4) is 0 Å². The largest absolute Gasteiger partial charge is 0.453 e. The van der Waals surface area contributed by atoms with E-state index in [1.165, 1.54) is 12.7 Å². The van der Waals surface area contributed by atoms with Gasteiger partial charge in [-0.25, -0.2) is 4.79 Å². The second kappa shape index (κ2) is 9.47. The van der Waals surface area contributed by atoms with Crippen LogP contribution in [-0.4, -0.2) is 24.9 Å². The van der Waals surface area contributed by atoms with Gasteiger partial charge >= 0.3 is 6.09 Å². The van der Waals surface area contributed by atoms with Crippen LogP contribution in [0.1, 0.15) is 18.4 Å². The lowest BCUT2D eigenvalue weighted by atomic mass is 10.1. The first-order valence-electron chi connectivity index (χ1n) is 5.39. The number of hydrogen-bond acceptors (Lipinski definition) is 4. The summed E-state index contributed by atoms with van der Waals surface area (Å²) in [7, 11) is 1.22. The highest BCUT2D eigenvalue weighted by Gasteiger charge is 1.96. The molecule has 1 rings (SSSR count). The number of primary amides is 1.